The monoisotopic (exact) mass is 571 g/mol. The molecule has 0 radical (unpaired) electrons. The minimum Gasteiger partial charge on any atom is -0.309 e. The second-order valence-corrected chi connectivity index (χ2v) is 10.9. The van der Waals surface area contributed by atoms with E-state index in [1.165, 1.54) is 35.4 Å². The first-order valence-corrected chi connectivity index (χ1v) is 13.9. The van der Waals surface area contributed by atoms with Gasteiger partial charge < -0.3 is 4.57 Å². The number of hydrogen-bond acceptors (Lipinski definition) is 0. The summed E-state index contributed by atoms with van der Waals surface area (Å²) in [6.07, 6.45) is 0. The van der Waals surface area contributed by atoms with Gasteiger partial charge in [0.2, 0.25) is 0 Å². The molecule has 0 spiro atoms. The lowest BCUT2D eigenvalue weighted by atomic mass is 9.99. The largest absolute Gasteiger partial charge is 0.309 e. The fourth-order valence-corrected chi connectivity index (χ4v) is 5.90. The van der Waals surface area contributed by atoms with Crippen molar-refractivity contribution in [2.75, 3.05) is 0 Å². The van der Waals surface area contributed by atoms with Crippen LogP contribution in [0.5, 0.6) is 0 Å². The van der Waals surface area contributed by atoms with Crippen molar-refractivity contribution >= 4 is 21.8 Å². The van der Waals surface area contributed by atoms with Crippen molar-refractivity contribution in [3.63, 3.8) is 0 Å². The molecule has 1 nitrogen and oxygen atoms in total. The highest BCUT2D eigenvalue weighted by Gasteiger charge is 2.18. The van der Waals surface area contributed by atoms with Crippen LogP contribution in [0, 0.1) is 37.1 Å². The highest BCUT2D eigenvalue weighted by Crippen LogP contribution is 2.40. The van der Waals surface area contributed by atoms with E-state index in [4.69, 9.17) is 0 Å². The van der Waals surface area contributed by atoms with E-state index in [1.807, 2.05) is 48.5 Å². The van der Waals surface area contributed by atoms with E-state index in [1.54, 1.807) is 0 Å². The first-order chi connectivity index (χ1) is 20.7. The highest BCUT2D eigenvalue weighted by molar-refractivity contribution is 6.12. The topological polar surface area (TPSA) is 4.93 Å². The number of nitrogens with zero attached hydrogens (tertiary/aromatic N) is 1. The van der Waals surface area contributed by atoms with Gasteiger partial charge in [-0.05, 0) is 107 Å². The van der Waals surface area contributed by atoms with Gasteiger partial charge in [0, 0.05) is 28.5 Å². The molecule has 0 saturated carbocycles. The number of rotatable bonds is 4. The van der Waals surface area contributed by atoms with Gasteiger partial charge >= 0.3 is 0 Å². The van der Waals surface area contributed by atoms with Crippen LogP contribution in [0.1, 0.15) is 11.1 Å². The molecule has 1 heterocycles. The van der Waals surface area contributed by atoms with Crippen LogP contribution in [0.4, 0.5) is 17.6 Å². The number of para-hydroxylation sites is 1. The molecule has 7 aromatic rings. The smallest absolute Gasteiger partial charge is 0.126 e. The summed E-state index contributed by atoms with van der Waals surface area (Å²) in [6.45, 7) is 4.18. The van der Waals surface area contributed by atoms with Crippen LogP contribution in [0.15, 0.2) is 115 Å². The predicted octanol–water partition coefficient (Wildman–Crippen LogP) is 11.0. The van der Waals surface area contributed by atoms with Gasteiger partial charge in [0.1, 0.15) is 23.3 Å². The van der Waals surface area contributed by atoms with Gasteiger partial charge in [0.25, 0.3) is 0 Å². The fraction of sp³-hybridized carbons (Fsp3) is 0.0526. The molecule has 43 heavy (non-hydrogen) atoms. The second kappa shape index (κ2) is 10.3. The van der Waals surface area contributed by atoms with Crippen LogP contribution in [-0.4, -0.2) is 4.57 Å². The van der Waals surface area contributed by atoms with Crippen molar-refractivity contribution in [1.29, 1.82) is 0 Å². The number of aryl methyl sites for hydroxylation is 2. The Morgan fingerprint density at radius 2 is 0.907 bits per heavy atom. The molecule has 0 atom stereocenters. The minimum atomic E-state index is -0.657. The van der Waals surface area contributed by atoms with E-state index in [0.29, 0.717) is 22.3 Å². The van der Waals surface area contributed by atoms with Gasteiger partial charge in [-0.15, -0.1) is 0 Å². The molecule has 6 aromatic carbocycles. The highest BCUT2D eigenvalue weighted by atomic mass is 19.1. The number of hydrogen-bond donors (Lipinski definition) is 0. The molecule has 0 aliphatic carbocycles. The zero-order chi connectivity index (χ0) is 29.8. The summed E-state index contributed by atoms with van der Waals surface area (Å²) in [7, 11) is 0. The summed E-state index contributed by atoms with van der Waals surface area (Å²) in [5.74, 6) is -2.63. The molecule has 0 saturated heterocycles. The molecule has 7 rings (SSSR count). The minimum absolute atomic E-state index is 0.416. The van der Waals surface area contributed by atoms with Gasteiger partial charge in [0.05, 0.1) is 16.7 Å². The molecule has 0 bridgehead atoms. The Labute approximate surface area is 246 Å². The van der Waals surface area contributed by atoms with Crippen molar-refractivity contribution in [2.45, 2.75) is 13.8 Å². The molecule has 0 N–H and O–H groups in total. The third kappa shape index (κ3) is 4.77. The van der Waals surface area contributed by atoms with Gasteiger partial charge in [-0.1, -0.05) is 48.5 Å². The maximum atomic E-state index is 14.2. The quantitative estimate of drug-likeness (QED) is 0.185. The molecule has 1 aromatic heterocycles. The molecule has 5 heteroatoms. The zero-order valence-corrected chi connectivity index (χ0v) is 23.4. The Balaban J connectivity index is 1.53. The van der Waals surface area contributed by atoms with Gasteiger partial charge in [-0.25, -0.2) is 17.6 Å². The average Bonchev–Trinajstić information content (AvgIpc) is 3.30. The van der Waals surface area contributed by atoms with Crippen molar-refractivity contribution in [3.8, 4) is 39.1 Å². The fourth-order valence-electron chi connectivity index (χ4n) is 5.90. The summed E-state index contributed by atoms with van der Waals surface area (Å²) in [4.78, 5) is 0. The molecular weight excluding hydrogens is 546 g/mol. The van der Waals surface area contributed by atoms with Crippen LogP contribution in [-0.2, 0) is 0 Å². The van der Waals surface area contributed by atoms with Crippen LogP contribution in [0.2, 0.25) is 0 Å². The van der Waals surface area contributed by atoms with Crippen LogP contribution >= 0.6 is 0 Å². The molecule has 0 unspecified atom stereocenters. The van der Waals surface area contributed by atoms with Crippen molar-refractivity contribution in [3.05, 3.63) is 150 Å². The number of aromatic nitrogens is 1. The molecular formula is C38H25F4N. The normalized spacial score (nSPS) is 11.5. The Bertz CT molecular complexity index is 2060. The maximum absolute atomic E-state index is 14.2. The van der Waals surface area contributed by atoms with Crippen LogP contribution in [0.3, 0.4) is 0 Å². The van der Waals surface area contributed by atoms with E-state index >= 15 is 0 Å². The summed E-state index contributed by atoms with van der Waals surface area (Å²) >= 11 is 0. The van der Waals surface area contributed by atoms with Gasteiger partial charge in [-0.3, -0.25) is 0 Å². The first-order valence-electron chi connectivity index (χ1n) is 13.9. The number of fused-ring (bicyclic) bond motifs is 3. The zero-order valence-electron chi connectivity index (χ0n) is 23.4. The summed E-state index contributed by atoms with van der Waals surface area (Å²) in [6, 6.07) is 32.9. The second-order valence-electron chi connectivity index (χ2n) is 10.9. The SMILES string of the molecule is Cc1ccc(-c2ccccc2-n2c3ccc(-c4cc(F)cc(F)c4)cc3c3cc(-c4cc(F)cc(F)c4)ccc32)cc1C. The van der Waals surface area contributed by atoms with E-state index < -0.39 is 23.3 Å². The molecule has 0 fully saturated rings. The predicted molar refractivity (Wildman–Crippen MR) is 166 cm³/mol. The summed E-state index contributed by atoms with van der Waals surface area (Å²) < 4.78 is 58.8. The van der Waals surface area contributed by atoms with E-state index in [0.717, 1.165) is 50.8 Å². The summed E-state index contributed by atoms with van der Waals surface area (Å²) in [5, 5.41) is 1.68. The van der Waals surface area contributed by atoms with Crippen LogP contribution in [0.25, 0.3) is 60.9 Å². The third-order valence-electron chi connectivity index (χ3n) is 8.12. The third-order valence-corrected chi connectivity index (χ3v) is 8.12. The Morgan fingerprint density at radius 1 is 0.419 bits per heavy atom. The van der Waals surface area contributed by atoms with Crippen molar-refractivity contribution in [2.24, 2.45) is 0 Å². The lowest BCUT2D eigenvalue weighted by Crippen LogP contribution is -1.97. The average molecular weight is 572 g/mol. The Kier molecular flexibility index (Phi) is 6.39. The molecule has 0 aliphatic rings. The standard InChI is InChI=1S/C38H25F4N/c1-22-7-8-26(13-23(22)2)33-5-3-4-6-36(33)43-37-11-9-24(27-14-29(39)20-30(40)15-27)18-34(37)35-19-25(10-12-38(35)43)28-16-31(41)21-32(42)17-28/h3-21H,1-2H3. The Hall–Kier alpha value is -5.16. The van der Waals surface area contributed by atoms with Crippen molar-refractivity contribution < 1.29 is 17.6 Å². The first kappa shape index (κ1) is 26.7. The summed E-state index contributed by atoms with van der Waals surface area (Å²) in [5.41, 5.74) is 9.37. The van der Waals surface area contributed by atoms with E-state index in [-0.39, 0.29) is 0 Å². The molecule has 0 aliphatic heterocycles. The van der Waals surface area contributed by atoms with Crippen LogP contribution < -0.4 is 0 Å². The lowest BCUT2D eigenvalue weighted by molar-refractivity contribution is 0.583. The van der Waals surface area contributed by atoms with E-state index in [2.05, 4.69) is 48.7 Å². The van der Waals surface area contributed by atoms with Gasteiger partial charge in [-0.2, -0.15) is 0 Å². The molecule has 0 amide bonds. The van der Waals surface area contributed by atoms with E-state index in [9.17, 15) is 17.6 Å². The lowest BCUT2D eigenvalue weighted by Gasteiger charge is -2.15. The van der Waals surface area contributed by atoms with Gasteiger partial charge in [0.15, 0.2) is 0 Å². The Morgan fingerprint density at radius 3 is 1.42 bits per heavy atom. The number of benzene rings is 6. The molecule has 210 valence electrons. The maximum Gasteiger partial charge on any atom is 0.126 e. The number of halogens is 4. The van der Waals surface area contributed by atoms with Crippen molar-refractivity contribution in [1.82, 2.24) is 4.57 Å².